The molecule has 92 valence electrons. The van der Waals surface area contributed by atoms with Gasteiger partial charge in [-0.15, -0.1) is 0 Å². The first-order valence-corrected chi connectivity index (χ1v) is 6.57. The lowest BCUT2D eigenvalue weighted by Crippen LogP contribution is -2.49. The van der Waals surface area contributed by atoms with Crippen LogP contribution in [-0.4, -0.2) is 42.1 Å². The number of aromatic nitrogens is 2. The monoisotopic (exact) mass is 299 g/mol. The van der Waals surface area contributed by atoms with Crippen LogP contribution in [0.5, 0.6) is 0 Å². The average molecular weight is 300 g/mol. The zero-order valence-electron chi connectivity index (χ0n) is 9.43. The van der Waals surface area contributed by atoms with E-state index in [4.69, 9.17) is 9.47 Å². The van der Waals surface area contributed by atoms with E-state index in [1.807, 2.05) is 0 Å². The fraction of sp³-hybridized carbons (Fsp3) is 0.636. The quantitative estimate of drug-likeness (QED) is 0.788. The number of hydrogen-bond donors (Lipinski definition) is 0. The molecule has 2 saturated heterocycles. The summed E-state index contributed by atoms with van der Waals surface area (Å²) in [6.07, 6.45) is 5.35. The third kappa shape index (κ3) is 2.17. The summed E-state index contributed by atoms with van der Waals surface area (Å²) in [7, 11) is 0. The normalized spacial score (nSPS) is 23.2. The standard InChI is InChI=1S/C11H14BrN3O2/c12-9-6-13-8-14-10(9)15-3-1-2-11(7-15)16-4-5-17-11/h6,8H,1-5,7H2. The van der Waals surface area contributed by atoms with Gasteiger partial charge in [-0.05, 0) is 22.4 Å². The fourth-order valence-electron chi connectivity index (χ4n) is 2.44. The first kappa shape index (κ1) is 11.4. The molecule has 0 atom stereocenters. The molecule has 6 heteroatoms. The molecule has 1 aromatic heterocycles. The maximum atomic E-state index is 5.75. The van der Waals surface area contributed by atoms with Gasteiger partial charge in [-0.2, -0.15) is 0 Å². The molecule has 0 unspecified atom stereocenters. The molecular weight excluding hydrogens is 286 g/mol. The fourth-order valence-corrected chi connectivity index (χ4v) is 2.91. The number of anilines is 1. The maximum absolute atomic E-state index is 5.75. The number of hydrogen-bond acceptors (Lipinski definition) is 5. The lowest BCUT2D eigenvalue weighted by molar-refractivity contribution is -0.161. The Morgan fingerprint density at radius 3 is 2.94 bits per heavy atom. The molecule has 5 nitrogen and oxygen atoms in total. The van der Waals surface area contributed by atoms with Crippen LogP contribution in [0.2, 0.25) is 0 Å². The van der Waals surface area contributed by atoms with Crippen LogP contribution in [0.25, 0.3) is 0 Å². The average Bonchev–Trinajstić information content (AvgIpc) is 2.78. The molecule has 0 radical (unpaired) electrons. The summed E-state index contributed by atoms with van der Waals surface area (Å²) >= 11 is 3.48. The van der Waals surface area contributed by atoms with Gasteiger partial charge in [0.15, 0.2) is 5.79 Å². The van der Waals surface area contributed by atoms with Gasteiger partial charge in [0.2, 0.25) is 0 Å². The number of piperidine rings is 1. The van der Waals surface area contributed by atoms with Crippen LogP contribution < -0.4 is 4.90 Å². The van der Waals surface area contributed by atoms with Crippen LogP contribution in [0.3, 0.4) is 0 Å². The van der Waals surface area contributed by atoms with Crippen molar-refractivity contribution in [3.63, 3.8) is 0 Å². The van der Waals surface area contributed by atoms with E-state index in [1.54, 1.807) is 12.5 Å². The molecule has 0 aromatic carbocycles. The van der Waals surface area contributed by atoms with Crippen molar-refractivity contribution < 1.29 is 9.47 Å². The highest BCUT2D eigenvalue weighted by molar-refractivity contribution is 9.10. The van der Waals surface area contributed by atoms with Crippen LogP contribution in [0.4, 0.5) is 5.82 Å². The highest BCUT2D eigenvalue weighted by Crippen LogP contribution is 2.33. The van der Waals surface area contributed by atoms with Gasteiger partial charge in [0.05, 0.1) is 24.2 Å². The Labute approximate surface area is 108 Å². The Balaban J connectivity index is 1.82. The van der Waals surface area contributed by atoms with Gasteiger partial charge < -0.3 is 14.4 Å². The first-order valence-electron chi connectivity index (χ1n) is 5.77. The van der Waals surface area contributed by atoms with E-state index in [9.17, 15) is 0 Å². The van der Waals surface area contributed by atoms with Gasteiger partial charge in [0.1, 0.15) is 12.1 Å². The van der Waals surface area contributed by atoms with E-state index >= 15 is 0 Å². The van der Waals surface area contributed by atoms with Gasteiger partial charge in [-0.1, -0.05) is 0 Å². The van der Waals surface area contributed by atoms with Gasteiger partial charge in [-0.25, -0.2) is 9.97 Å². The Kier molecular flexibility index (Phi) is 3.02. The first-order chi connectivity index (χ1) is 8.29. The molecule has 1 spiro atoms. The zero-order valence-corrected chi connectivity index (χ0v) is 11.0. The van der Waals surface area contributed by atoms with Crippen molar-refractivity contribution in [1.82, 2.24) is 9.97 Å². The summed E-state index contributed by atoms with van der Waals surface area (Å²) in [4.78, 5) is 10.5. The Bertz CT molecular complexity index is 409. The minimum atomic E-state index is -0.414. The summed E-state index contributed by atoms with van der Waals surface area (Å²) in [5.74, 6) is 0.501. The topological polar surface area (TPSA) is 47.5 Å². The predicted octanol–water partition coefficient (Wildman–Crippen LogP) is 1.58. The molecule has 3 heterocycles. The highest BCUT2D eigenvalue weighted by atomic mass is 79.9. The number of halogens is 1. The Hall–Kier alpha value is -0.720. The van der Waals surface area contributed by atoms with Gasteiger partial charge in [0.25, 0.3) is 0 Å². The summed E-state index contributed by atoms with van der Waals surface area (Å²) < 4.78 is 12.4. The molecule has 0 bridgehead atoms. The van der Waals surface area contributed by atoms with E-state index in [0.29, 0.717) is 13.2 Å². The third-order valence-corrected chi connectivity index (χ3v) is 3.74. The molecule has 2 aliphatic heterocycles. The SMILES string of the molecule is Brc1cncnc1N1CCCC2(C1)OCCO2. The zero-order chi connectivity index (χ0) is 11.7. The molecule has 0 N–H and O–H groups in total. The molecule has 3 rings (SSSR count). The second-order valence-electron chi connectivity index (χ2n) is 4.33. The molecule has 2 fully saturated rings. The van der Waals surface area contributed by atoms with Crippen molar-refractivity contribution in [1.29, 1.82) is 0 Å². The smallest absolute Gasteiger partial charge is 0.186 e. The molecule has 0 aliphatic carbocycles. The molecule has 2 aliphatic rings. The Morgan fingerprint density at radius 2 is 2.18 bits per heavy atom. The van der Waals surface area contributed by atoms with Crippen LogP contribution in [-0.2, 0) is 9.47 Å². The predicted molar refractivity (Wildman–Crippen MR) is 65.8 cm³/mol. The van der Waals surface area contributed by atoms with Gasteiger partial charge >= 0.3 is 0 Å². The third-order valence-electron chi connectivity index (χ3n) is 3.18. The minimum absolute atomic E-state index is 0.414. The summed E-state index contributed by atoms with van der Waals surface area (Å²) in [6.45, 7) is 3.10. The van der Waals surface area contributed by atoms with Gasteiger partial charge in [0, 0.05) is 19.2 Å². The summed E-state index contributed by atoms with van der Waals surface area (Å²) in [5, 5.41) is 0. The lowest BCUT2D eigenvalue weighted by Gasteiger charge is -2.39. The van der Waals surface area contributed by atoms with Crippen molar-refractivity contribution in [2.24, 2.45) is 0 Å². The van der Waals surface area contributed by atoms with Crippen molar-refractivity contribution in [2.45, 2.75) is 18.6 Å². The van der Waals surface area contributed by atoms with Crippen molar-refractivity contribution in [3.05, 3.63) is 17.0 Å². The van der Waals surface area contributed by atoms with Crippen LogP contribution in [0, 0.1) is 0 Å². The van der Waals surface area contributed by atoms with Crippen LogP contribution in [0.1, 0.15) is 12.8 Å². The molecule has 0 amide bonds. The second-order valence-corrected chi connectivity index (χ2v) is 5.18. The van der Waals surface area contributed by atoms with Gasteiger partial charge in [-0.3, -0.25) is 0 Å². The minimum Gasteiger partial charge on any atom is -0.350 e. The Morgan fingerprint density at radius 1 is 1.35 bits per heavy atom. The summed E-state index contributed by atoms with van der Waals surface area (Å²) in [6, 6.07) is 0. The number of nitrogens with zero attached hydrogens (tertiary/aromatic N) is 3. The highest BCUT2D eigenvalue weighted by Gasteiger charge is 2.41. The molecule has 0 saturated carbocycles. The largest absolute Gasteiger partial charge is 0.350 e. The number of rotatable bonds is 1. The van der Waals surface area contributed by atoms with E-state index in [1.165, 1.54) is 0 Å². The van der Waals surface area contributed by atoms with E-state index in [-0.39, 0.29) is 0 Å². The number of ether oxygens (including phenoxy) is 2. The maximum Gasteiger partial charge on any atom is 0.186 e. The van der Waals surface area contributed by atoms with Crippen molar-refractivity contribution in [3.8, 4) is 0 Å². The molecular formula is C11H14BrN3O2. The molecule has 1 aromatic rings. The lowest BCUT2D eigenvalue weighted by atomic mass is 10.0. The van der Waals surface area contributed by atoms with Crippen LogP contribution >= 0.6 is 15.9 Å². The van der Waals surface area contributed by atoms with E-state index in [2.05, 4.69) is 30.8 Å². The summed E-state index contributed by atoms with van der Waals surface area (Å²) in [5.41, 5.74) is 0. The second kappa shape index (κ2) is 4.51. The van der Waals surface area contributed by atoms with Crippen molar-refractivity contribution >= 4 is 21.7 Å². The van der Waals surface area contributed by atoms with Crippen molar-refractivity contribution in [2.75, 3.05) is 31.2 Å². The van der Waals surface area contributed by atoms with E-state index in [0.717, 1.165) is 36.2 Å². The molecule has 17 heavy (non-hydrogen) atoms. The van der Waals surface area contributed by atoms with Crippen LogP contribution in [0.15, 0.2) is 17.0 Å². The van der Waals surface area contributed by atoms with E-state index < -0.39 is 5.79 Å².